The molecule has 0 bridgehead atoms. The molecule has 1 unspecified atom stereocenters. The van der Waals surface area contributed by atoms with Crippen LogP contribution >= 0.6 is 0 Å². The molecule has 0 N–H and O–H groups in total. The number of nitrogens with zero attached hydrogens (tertiary/aromatic N) is 3. The lowest BCUT2D eigenvalue weighted by Gasteiger charge is -2.29. The van der Waals surface area contributed by atoms with Gasteiger partial charge in [-0.1, -0.05) is 12.1 Å². The molecular weight excluding hydrogens is 338 g/mol. The van der Waals surface area contributed by atoms with E-state index in [1.807, 2.05) is 31.2 Å². The van der Waals surface area contributed by atoms with Crippen molar-refractivity contribution in [3.63, 3.8) is 0 Å². The first-order valence-corrected chi connectivity index (χ1v) is 8.28. The third-order valence-electron chi connectivity index (χ3n) is 3.97. The number of rotatable bonds is 6. The Hall–Kier alpha value is -3.16. The van der Waals surface area contributed by atoms with Crippen LogP contribution in [-0.2, 0) is 4.79 Å². The summed E-state index contributed by atoms with van der Waals surface area (Å²) in [5, 5.41) is 11.0. The van der Waals surface area contributed by atoms with Gasteiger partial charge in [-0.25, -0.2) is 0 Å². The van der Waals surface area contributed by atoms with Crippen LogP contribution in [0.1, 0.15) is 18.9 Å². The van der Waals surface area contributed by atoms with Gasteiger partial charge in [-0.05, 0) is 53.9 Å². The number of anilines is 1. The molecule has 26 heavy (non-hydrogen) atoms. The Balaban J connectivity index is 1.69. The predicted octanol–water partition coefficient (Wildman–Crippen LogP) is 2.88. The zero-order chi connectivity index (χ0) is 18.7. The van der Waals surface area contributed by atoms with Crippen molar-refractivity contribution in [2.75, 3.05) is 18.1 Å². The molecule has 0 radical (unpaired) electrons. The quantitative estimate of drug-likeness (QED) is 0.448. The van der Waals surface area contributed by atoms with Gasteiger partial charge in [0.15, 0.2) is 11.9 Å². The van der Waals surface area contributed by atoms with Crippen molar-refractivity contribution in [1.82, 2.24) is 4.98 Å². The van der Waals surface area contributed by atoms with Crippen molar-refractivity contribution in [2.45, 2.75) is 26.4 Å². The minimum absolute atomic E-state index is 0.179. The molecule has 0 spiro atoms. The number of pyridine rings is 1. The summed E-state index contributed by atoms with van der Waals surface area (Å²) < 4.78 is 11.2. The Morgan fingerprint density at radius 2 is 2.15 bits per heavy atom. The molecule has 0 saturated carbocycles. The fourth-order valence-electron chi connectivity index (χ4n) is 2.71. The topological polar surface area (TPSA) is 94.8 Å². The highest BCUT2D eigenvalue weighted by Crippen LogP contribution is 2.34. The number of benzene rings is 1. The molecule has 8 nitrogen and oxygen atoms in total. The molecule has 136 valence electrons. The molecule has 1 amide bonds. The van der Waals surface area contributed by atoms with E-state index in [2.05, 4.69) is 4.98 Å². The van der Waals surface area contributed by atoms with E-state index >= 15 is 0 Å². The van der Waals surface area contributed by atoms with E-state index in [9.17, 15) is 14.9 Å². The van der Waals surface area contributed by atoms with Crippen LogP contribution < -0.4 is 14.4 Å². The summed E-state index contributed by atoms with van der Waals surface area (Å²) in [6.45, 7) is 4.37. The Bertz CT molecular complexity index is 839. The van der Waals surface area contributed by atoms with Crippen molar-refractivity contribution in [2.24, 2.45) is 0 Å². The summed E-state index contributed by atoms with van der Waals surface area (Å²) in [6, 6.07) is 10.4. The first-order valence-electron chi connectivity index (χ1n) is 8.28. The SMILES string of the molecule is Cc1cccc(OCCCN2C(=O)C(C)Oc3ccc([N+](=O)[O-])nc32)c1. The third kappa shape index (κ3) is 3.74. The van der Waals surface area contributed by atoms with Gasteiger partial charge in [-0.2, -0.15) is 0 Å². The van der Waals surface area contributed by atoms with E-state index in [1.165, 1.54) is 17.0 Å². The van der Waals surface area contributed by atoms with Crippen LogP contribution in [0, 0.1) is 17.0 Å². The number of fused-ring (bicyclic) bond motifs is 1. The van der Waals surface area contributed by atoms with Gasteiger partial charge in [0.25, 0.3) is 11.7 Å². The van der Waals surface area contributed by atoms with Gasteiger partial charge in [0, 0.05) is 12.6 Å². The van der Waals surface area contributed by atoms with Crippen LogP contribution in [0.3, 0.4) is 0 Å². The zero-order valence-electron chi connectivity index (χ0n) is 14.5. The highest BCUT2D eigenvalue weighted by atomic mass is 16.6. The smallest absolute Gasteiger partial charge is 0.366 e. The lowest BCUT2D eigenvalue weighted by Crippen LogP contribution is -2.45. The summed E-state index contributed by atoms with van der Waals surface area (Å²) in [5.74, 6) is 0.706. The fraction of sp³-hybridized carbons (Fsp3) is 0.333. The summed E-state index contributed by atoms with van der Waals surface area (Å²) in [6.07, 6.45) is -0.112. The zero-order valence-corrected chi connectivity index (χ0v) is 14.5. The van der Waals surface area contributed by atoms with E-state index in [0.29, 0.717) is 25.3 Å². The number of hydrogen-bond donors (Lipinski definition) is 0. The lowest BCUT2D eigenvalue weighted by molar-refractivity contribution is -0.389. The molecule has 0 aliphatic carbocycles. The number of amides is 1. The summed E-state index contributed by atoms with van der Waals surface area (Å²) in [7, 11) is 0. The van der Waals surface area contributed by atoms with Crippen LogP contribution in [-0.4, -0.2) is 35.1 Å². The first-order chi connectivity index (χ1) is 12.5. The Morgan fingerprint density at radius 3 is 2.88 bits per heavy atom. The minimum Gasteiger partial charge on any atom is -0.494 e. The summed E-state index contributed by atoms with van der Waals surface area (Å²) >= 11 is 0. The number of ether oxygens (including phenoxy) is 2. The first kappa shape index (κ1) is 17.7. The predicted molar refractivity (Wildman–Crippen MR) is 94.6 cm³/mol. The number of aryl methyl sites for hydroxylation is 1. The molecule has 0 saturated heterocycles. The standard InChI is InChI=1S/C18H19N3O5/c1-12-5-3-6-14(11-12)25-10-4-9-20-17-15(26-13(2)18(20)22)7-8-16(19-17)21(23)24/h3,5-8,11,13H,4,9-10H2,1-2H3. The maximum Gasteiger partial charge on any atom is 0.366 e. The number of nitro groups is 1. The van der Waals surface area contributed by atoms with Gasteiger partial charge >= 0.3 is 5.82 Å². The van der Waals surface area contributed by atoms with Gasteiger partial charge in [0.05, 0.1) is 6.61 Å². The highest BCUT2D eigenvalue weighted by molar-refractivity contribution is 5.98. The van der Waals surface area contributed by atoms with Gasteiger partial charge in [-0.15, -0.1) is 0 Å². The third-order valence-corrected chi connectivity index (χ3v) is 3.97. The van der Waals surface area contributed by atoms with E-state index in [-0.39, 0.29) is 17.5 Å². The van der Waals surface area contributed by atoms with Crippen molar-refractivity contribution in [3.8, 4) is 11.5 Å². The molecule has 1 aliphatic rings. The molecule has 0 fully saturated rings. The Morgan fingerprint density at radius 1 is 1.35 bits per heavy atom. The maximum absolute atomic E-state index is 12.4. The van der Waals surface area contributed by atoms with E-state index < -0.39 is 11.0 Å². The molecule has 1 aromatic carbocycles. The van der Waals surface area contributed by atoms with Crippen LogP contribution in [0.5, 0.6) is 11.5 Å². The fourth-order valence-corrected chi connectivity index (χ4v) is 2.71. The summed E-state index contributed by atoms with van der Waals surface area (Å²) in [5.41, 5.74) is 1.10. The maximum atomic E-state index is 12.4. The number of carbonyl (C=O) groups is 1. The van der Waals surface area contributed by atoms with Crippen LogP contribution in [0.25, 0.3) is 0 Å². The normalized spacial score (nSPS) is 16.0. The van der Waals surface area contributed by atoms with Crippen LogP contribution in [0.4, 0.5) is 11.6 Å². The Kier molecular flexibility index (Phi) is 5.01. The second kappa shape index (κ2) is 7.38. The van der Waals surface area contributed by atoms with E-state index in [0.717, 1.165) is 11.3 Å². The van der Waals surface area contributed by atoms with Gasteiger partial charge in [-0.3, -0.25) is 9.69 Å². The number of hydrogen-bond acceptors (Lipinski definition) is 6. The number of carbonyl (C=O) groups excluding carboxylic acids is 1. The lowest BCUT2D eigenvalue weighted by atomic mass is 10.2. The number of aromatic nitrogens is 1. The van der Waals surface area contributed by atoms with Gasteiger partial charge < -0.3 is 19.6 Å². The van der Waals surface area contributed by atoms with E-state index in [1.54, 1.807) is 6.92 Å². The van der Waals surface area contributed by atoms with Gasteiger partial charge in [0.2, 0.25) is 0 Å². The minimum atomic E-state index is -0.663. The highest BCUT2D eigenvalue weighted by Gasteiger charge is 2.36. The average Bonchev–Trinajstić information content (AvgIpc) is 2.61. The second-order valence-corrected chi connectivity index (χ2v) is 6.02. The molecule has 1 aromatic heterocycles. The molecule has 8 heteroatoms. The average molecular weight is 357 g/mol. The summed E-state index contributed by atoms with van der Waals surface area (Å²) in [4.78, 5) is 28.2. The molecule has 1 aliphatic heterocycles. The molecule has 2 aromatic rings. The largest absolute Gasteiger partial charge is 0.494 e. The van der Waals surface area contributed by atoms with Gasteiger partial charge in [0.1, 0.15) is 5.75 Å². The van der Waals surface area contributed by atoms with Crippen LogP contribution in [0.15, 0.2) is 36.4 Å². The molecule has 2 heterocycles. The molecular formula is C18H19N3O5. The Labute approximate surface area is 150 Å². The molecule has 1 atom stereocenters. The van der Waals surface area contributed by atoms with Crippen molar-refractivity contribution in [1.29, 1.82) is 0 Å². The molecule has 3 rings (SSSR count). The van der Waals surface area contributed by atoms with Crippen molar-refractivity contribution < 1.29 is 19.2 Å². The second-order valence-electron chi connectivity index (χ2n) is 6.02. The monoisotopic (exact) mass is 357 g/mol. The van der Waals surface area contributed by atoms with Crippen LogP contribution in [0.2, 0.25) is 0 Å². The van der Waals surface area contributed by atoms with Crippen molar-refractivity contribution in [3.05, 3.63) is 52.1 Å². The van der Waals surface area contributed by atoms with Crippen molar-refractivity contribution >= 4 is 17.5 Å². The van der Waals surface area contributed by atoms with E-state index in [4.69, 9.17) is 9.47 Å².